The molecular formula is C20H42O5S. The van der Waals surface area contributed by atoms with Crippen LogP contribution >= 0.6 is 0 Å². The molecule has 0 saturated carbocycles. The van der Waals surface area contributed by atoms with Crippen molar-refractivity contribution >= 4 is 10.4 Å². The molecule has 0 amide bonds. The molecule has 0 unspecified atom stereocenters. The monoisotopic (exact) mass is 394 g/mol. The Kier molecular flexibility index (Phi) is 19.5. The summed E-state index contributed by atoms with van der Waals surface area (Å²) in [6.07, 6.45) is 21.4. The number of hydrogen-bond donors (Lipinski definition) is 1. The first kappa shape index (κ1) is 25.8. The van der Waals surface area contributed by atoms with Crippen molar-refractivity contribution in [2.75, 3.05) is 19.8 Å². The van der Waals surface area contributed by atoms with Gasteiger partial charge in [0, 0.05) is 6.61 Å². The highest BCUT2D eigenvalue weighted by molar-refractivity contribution is 7.80. The average molecular weight is 395 g/mol. The van der Waals surface area contributed by atoms with Gasteiger partial charge in [0.05, 0.1) is 13.2 Å². The number of rotatable bonds is 21. The van der Waals surface area contributed by atoms with Crippen LogP contribution in [0.5, 0.6) is 0 Å². The zero-order chi connectivity index (χ0) is 19.3. The minimum atomic E-state index is -4.33. The van der Waals surface area contributed by atoms with Gasteiger partial charge in [-0.2, -0.15) is 8.42 Å². The summed E-state index contributed by atoms with van der Waals surface area (Å²) in [6, 6.07) is 0. The molecule has 0 aromatic heterocycles. The van der Waals surface area contributed by atoms with Gasteiger partial charge in [-0.25, -0.2) is 4.18 Å². The van der Waals surface area contributed by atoms with Gasteiger partial charge >= 0.3 is 10.4 Å². The van der Waals surface area contributed by atoms with Crippen LogP contribution in [0.2, 0.25) is 0 Å². The van der Waals surface area contributed by atoms with Crippen LogP contribution in [0.4, 0.5) is 0 Å². The van der Waals surface area contributed by atoms with Gasteiger partial charge in [0.25, 0.3) is 0 Å². The normalized spacial score (nSPS) is 11.9. The Morgan fingerprint density at radius 1 is 0.577 bits per heavy atom. The summed E-state index contributed by atoms with van der Waals surface area (Å²) in [7, 11) is -4.33. The summed E-state index contributed by atoms with van der Waals surface area (Å²) in [4.78, 5) is 0. The molecule has 0 aromatic rings. The maximum Gasteiger partial charge on any atom is 0.397 e. The third kappa shape index (κ3) is 23.8. The largest absolute Gasteiger partial charge is 0.397 e. The Labute approximate surface area is 162 Å². The van der Waals surface area contributed by atoms with Gasteiger partial charge in [-0.1, -0.05) is 103 Å². The minimum absolute atomic E-state index is 0.127. The van der Waals surface area contributed by atoms with Crippen LogP contribution in [0.25, 0.3) is 0 Å². The van der Waals surface area contributed by atoms with E-state index in [1.165, 1.54) is 89.9 Å². The summed E-state index contributed by atoms with van der Waals surface area (Å²) in [5.41, 5.74) is 0. The van der Waals surface area contributed by atoms with Crippen LogP contribution < -0.4 is 0 Å². The standard InChI is InChI=1S/C20H42O5S/c1-2-3-4-5-6-7-8-9-10-11-12-13-14-15-16-17-18-24-19-20-25-26(21,22)23/h2-20H2,1H3,(H,21,22,23). The lowest BCUT2D eigenvalue weighted by Gasteiger charge is -2.05. The Morgan fingerprint density at radius 2 is 0.962 bits per heavy atom. The van der Waals surface area contributed by atoms with Gasteiger partial charge in [0.15, 0.2) is 0 Å². The first-order valence-electron chi connectivity index (χ1n) is 10.8. The lowest BCUT2D eigenvalue weighted by atomic mass is 10.0. The molecule has 0 rings (SSSR count). The van der Waals surface area contributed by atoms with Crippen LogP contribution in [0.3, 0.4) is 0 Å². The van der Waals surface area contributed by atoms with Crippen LogP contribution in [0, 0.1) is 0 Å². The predicted octanol–water partition coefficient (Wildman–Crippen LogP) is 6.08. The zero-order valence-corrected chi connectivity index (χ0v) is 17.7. The van der Waals surface area contributed by atoms with E-state index in [2.05, 4.69) is 11.1 Å². The van der Waals surface area contributed by atoms with Crippen LogP contribution in [0.15, 0.2) is 0 Å². The quantitative estimate of drug-likeness (QED) is 0.188. The molecule has 1 N–H and O–H groups in total. The number of hydrogen-bond acceptors (Lipinski definition) is 4. The molecule has 0 aliphatic carbocycles. The summed E-state index contributed by atoms with van der Waals surface area (Å²) in [5.74, 6) is 0. The fraction of sp³-hybridized carbons (Fsp3) is 1.00. The third-order valence-corrected chi connectivity index (χ3v) is 5.07. The minimum Gasteiger partial charge on any atom is -0.379 e. The highest BCUT2D eigenvalue weighted by Crippen LogP contribution is 2.13. The van der Waals surface area contributed by atoms with Crippen LogP contribution in [-0.4, -0.2) is 32.8 Å². The van der Waals surface area contributed by atoms with Gasteiger partial charge in [0.1, 0.15) is 0 Å². The summed E-state index contributed by atoms with van der Waals surface area (Å²) >= 11 is 0. The number of ether oxygens (including phenoxy) is 1. The molecule has 158 valence electrons. The molecule has 0 fully saturated rings. The van der Waals surface area contributed by atoms with Gasteiger partial charge in [-0.05, 0) is 6.42 Å². The molecule has 6 heteroatoms. The van der Waals surface area contributed by atoms with Gasteiger partial charge in [-0.3, -0.25) is 4.55 Å². The molecule has 0 saturated heterocycles. The van der Waals surface area contributed by atoms with E-state index in [1.807, 2.05) is 0 Å². The highest BCUT2D eigenvalue weighted by atomic mass is 32.3. The molecule has 0 heterocycles. The van der Waals surface area contributed by atoms with Gasteiger partial charge in [-0.15, -0.1) is 0 Å². The average Bonchev–Trinajstić information content (AvgIpc) is 2.59. The second kappa shape index (κ2) is 19.6. The molecule has 0 radical (unpaired) electrons. The molecular weight excluding hydrogens is 352 g/mol. The van der Waals surface area contributed by atoms with Crippen LogP contribution in [0.1, 0.15) is 110 Å². The third-order valence-electron chi connectivity index (χ3n) is 4.60. The van der Waals surface area contributed by atoms with E-state index in [1.54, 1.807) is 0 Å². The Hall–Kier alpha value is -0.170. The molecule has 0 spiro atoms. The Balaban J connectivity index is 3.03. The SMILES string of the molecule is CCCCCCCCCCCCCCCCCCOCCOS(=O)(=O)O. The first-order chi connectivity index (χ1) is 12.6. The molecule has 5 nitrogen and oxygen atoms in total. The van der Waals surface area contributed by atoms with E-state index < -0.39 is 10.4 Å². The predicted molar refractivity (Wildman–Crippen MR) is 108 cm³/mol. The first-order valence-corrected chi connectivity index (χ1v) is 12.1. The van der Waals surface area contributed by atoms with Crippen LogP contribution in [-0.2, 0) is 19.3 Å². The second-order valence-corrected chi connectivity index (χ2v) is 8.26. The van der Waals surface area contributed by atoms with E-state index in [-0.39, 0.29) is 13.2 Å². The lowest BCUT2D eigenvalue weighted by Crippen LogP contribution is -2.10. The van der Waals surface area contributed by atoms with Crippen molar-refractivity contribution in [3.8, 4) is 0 Å². The molecule has 0 atom stereocenters. The maximum atomic E-state index is 10.3. The number of unbranched alkanes of at least 4 members (excludes halogenated alkanes) is 15. The van der Waals surface area contributed by atoms with Crippen molar-refractivity contribution in [3.05, 3.63) is 0 Å². The molecule has 0 aliphatic rings. The van der Waals surface area contributed by atoms with Crippen molar-refractivity contribution in [2.24, 2.45) is 0 Å². The van der Waals surface area contributed by atoms with Crippen molar-refractivity contribution < 1.29 is 21.9 Å². The van der Waals surface area contributed by atoms with E-state index in [0.29, 0.717) is 6.61 Å². The van der Waals surface area contributed by atoms with Gasteiger partial charge in [0.2, 0.25) is 0 Å². The molecule has 0 aromatic carbocycles. The van der Waals surface area contributed by atoms with Crippen molar-refractivity contribution in [1.82, 2.24) is 0 Å². The summed E-state index contributed by atoms with van der Waals surface area (Å²) < 4.78 is 38.4. The summed E-state index contributed by atoms with van der Waals surface area (Å²) in [5, 5.41) is 0. The fourth-order valence-corrected chi connectivity index (χ4v) is 3.33. The Bertz CT molecular complexity index is 370. The topological polar surface area (TPSA) is 72.8 Å². The molecule has 0 aliphatic heterocycles. The molecule has 0 bridgehead atoms. The summed E-state index contributed by atoms with van der Waals surface area (Å²) in [6.45, 7) is 2.95. The highest BCUT2D eigenvalue weighted by Gasteiger charge is 2.02. The zero-order valence-electron chi connectivity index (χ0n) is 16.9. The lowest BCUT2D eigenvalue weighted by molar-refractivity contribution is 0.0945. The van der Waals surface area contributed by atoms with E-state index in [4.69, 9.17) is 9.29 Å². The fourth-order valence-electron chi connectivity index (χ4n) is 3.05. The smallest absolute Gasteiger partial charge is 0.379 e. The van der Waals surface area contributed by atoms with Crippen molar-refractivity contribution in [3.63, 3.8) is 0 Å². The Morgan fingerprint density at radius 3 is 1.35 bits per heavy atom. The second-order valence-electron chi connectivity index (χ2n) is 7.17. The van der Waals surface area contributed by atoms with E-state index in [9.17, 15) is 8.42 Å². The van der Waals surface area contributed by atoms with E-state index >= 15 is 0 Å². The van der Waals surface area contributed by atoms with Crippen molar-refractivity contribution in [2.45, 2.75) is 110 Å². The molecule has 26 heavy (non-hydrogen) atoms. The van der Waals surface area contributed by atoms with Crippen molar-refractivity contribution in [1.29, 1.82) is 0 Å². The maximum absolute atomic E-state index is 10.3. The van der Waals surface area contributed by atoms with E-state index in [0.717, 1.165) is 12.8 Å². The van der Waals surface area contributed by atoms with Gasteiger partial charge < -0.3 is 4.74 Å².